The zero-order valence-corrected chi connectivity index (χ0v) is 19.7. The van der Waals surface area contributed by atoms with Gasteiger partial charge in [0.1, 0.15) is 11.3 Å². The number of amides is 1. The van der Waals surface area contributed by atoms with Gasteiger partial charge >= 0.3 is 0 Å². The summed E-state index contributed by atoms with van der Waals surface area (Å²) < 4.78 is 42.3. The Hall–Kier alpha value is -3.63. The zero-order chi connectivity index (χ0) is 24.4. The molecule has 0 N–H and O–H groups in total. The number of hydrogen-bond acceptors (Lipinski definition) is 5. The van der Waals surface area contributed by atoms with Crippen LogP contribution in [0.5, 0.6) is 0 Å². The van der Waals surface area contributed by atoms with Crippen LogP contribution in [0.2, 0.25) is 0 Å². The van der Waals surface area contributed by atoms with Gasteiger partial charge < -0.3 is 4.90 Å². The first-order chi connectivity index (χ1) is 16.9. The topological polar surface area (TPSA) is 88.4 Å². The lowest BCUT2D eigenvalue weighted by Gasteiger charge is -2.22. The fourth-order valence-electron chi connectivity index (χ4n) is 4.24. The molecular weight excluding hydrogens is 469 g/mol. The molecule has 1 fully saturated rings. The first-order valence-electron chi connectivity index (χ1n) is 11.3. The molecule has 1 aliphatic heterocycles. The highest BCUT2D eigenvalue weighted by atomic mass is 32.2. The van der Waals surface area contributed by atoms with Crippen LogP contribution in [0.4, 0.5) is 4.39 Å². The van der Waals surface area contributed by atoms with E-state index >= 15 is 0 Å². The molecule has 8 nitrogen and oxygen atoms in total. The highest BCUT2D eigenvalue weighted by molar-refractivity contribution is 7.89. The van der Waals surface area contributed by atoms with E-state index in [9.17, 15) is 17.6 Å². The Labute approximate surface area is 202 Å². The number of hydrogen-bond donors (Lipinski definition) is 0. The van der Waals surface area contributed by atoms with E-state index in [-0.39, 0.29) is 23.9 Å². The van der Waals surface area contributed by atoms with E-state index in [1.807, 2.05) is 41.1 Å². The average Bonchev–Trinajstić information content (AvgIpc) is 3.10. The van der Waals surface area contributed by atoms with Gasteiger partial charge in [0.05, 0.1) is 17.0 Å². The number of para-hydroxylation sites is 1. The standard InChI is InChI=1S/C25H24FN5O3S/c26-21-10-12-22(13-11-21)35(33,34)30-15-3-14-29(16-17-30)25(32)20-8-6-19(7-9-20)18-31-24-5-2-1-4-23(24)27-28-31/h1-2,4-13H,3,14-18H2. The predicted octanol–water partition coefficient (Wildman–Crippen LogP) is 3.16. The largest absolute Gasteiger partial charge is 0.337 e. The smallest absolute Gasteiger partial charge is 0.253 e. The summed E-state index contributed by atoms with van der Waals surface area (Å²) in [5, 5.41) is 8.37. The van der Waals surface area contributed by atoms with Crippen molar-refractivity contribution in [2.24, 2.45) is 0 Å². The van der Waals surface area contributed by atoms with Crippen molar-refractivity contribution in [2.45, 2.75) is 17.9 Å². The molecule has 180 valence electrons. The molecule has 5 rings (SSSR count). The summed E-state index contributed by atoms with van der Waals surface area (Å²) in [6.45, 7) is 1.76. The maximum atomic E-state index is 13.2. The molecule has 1 saturated heterocycles. The van der Waals surface area contributed by atoms with Gasteiger partial charge in [0.15, 0.2) is 0 Å². The predicted molar refractivity (Wildman–Crippen MR) is 129 cm³/mol. The highest BCUT2D eigenvalue weighted by Crippen LogP contribution is 2.19. The van der Waals surface area contributed by atoms with Crippen molar-refractivity contribution in [1.29, 1.82) is 0 Å². The molecule has 1 aromatic heterocycles. The highest BCUT2D eigenvalue weighted by Gasteiger charge is 2.28. The molecule has 1 amide bonds. The van der Waals surface area contributed by atoms with E-state index in [2.05, 4.69) is 10.3 Å². The number of benzene rings is 3. The minimum absolute atomic E-state index is 0.0504. The van der Waals surface area contributed by atoms with Crippen LogP contribution in [-0.2, 0) is 16.6 Å². The van der Waals surface area contributed by atoms with Crippen molar-refractivity contribution in [2.75, 3.05) is 26.2 Å². The van der Waals surface area contributed by atoms with Gasteiger partial charge in [-0.15, -0.1) is 5.10 Å². The molecule has 3 aromatic carbocycles. The van der Waals surface area contributed by atoms with Crippen LogP contribution in [0.1, 0.15) is 22.3 Å². The van der Waals surface area contributed by atoms with Crippen LogP contribution < -0.4 is 0 Å². The summed E-state index contributed by atoms with van der Waals surface area (Å²) in [4.78, 5) is 14.8. The number of sulfonamides is 1. The third-order valence-electron chi connectivity index (χ3n) is 6.15. The minimum Gasteiger partial charge on any atom is -0.337 e. The monoisotopic (exact) mass is 493 g/mol. The molecule has 0 saturated carbocycles. The van der Waals surface area contributed by atoms with E-state index in [1.165, 1.54) is 16.4 Å². The third kappa shape index (κ3) is 4.80. The Morgan fingerprint density at radius 3 is 2.40 bits per heavy atom. The quantitative estimate of drug-likeness (QED) is 0.426. The van der Waals surface area contributed by atoms with Crippen LogP contribution in [0.3, 0.4) is 0 Å². The molecule has 35 heavy (non-hydrogen) atoms. The van der Waals surface area contributed by atoms with Crippen LogP contribution in [0.25, 0.3) is 11.0 Å². The molecule has 0 atom stereocenters. The van der Waals surface area contributed by atoms with E-state index < -0.39 is 15.8 Å². The van der Waals surface area contributed by atoms with Crippen LogP contribution in [0.15, 0.2) is 77.7 Å². The van der Waals surface area contributed by atoms with Gasteiger partial charge in [-0.05, 0) is 60.5 Å². The molecule has 4 aromatic rings. The lowest BCUT2D eigenvalue weighted by molar-refractivity contribution is 0.0764. The Morgan fingerprint density at radius 2 is 1.63 bits per heavy atom. The summed E-state index contributed by atoms with van der Waals surface area (Å²) in [5.74, 6) is -0.624. The molecule has 0 radical (unpaired) electrons. The molecular formula is C25H24FN5O3S. The van der Waals surface area contributed by atoms with E-state index in [4.69, 9.17) is 0 Å². The number of aromatic nitrogens is 3. The Bertz CT molecular complexity index is 1450. The number of carbonyl (C=O) groups is 1. The maximum absolute atomic E-state index is 13.2. The van der Waals surface area contributed by atoms with Gasteiger partial charge in [-0.2, -0.15) is 4.31 Å². The Balaban J connectivity index is 1.24. The minimum atomic E-state index is -3.75. The fourth-order valence-corrected chi connectivity index (χ4v) is 5.70. The second-order valence-electron chi connectivity index (χ2n) is 8.44. The molecule has 0 unspecified atom stereocenters. The van der Waals surface area contributed by atoms with Crippen LogP contribution in [0, 0.1) is 5.82 Å². The molecule has 0 bridgehead atoms. The van der Waals surface area contributed by atoms with Crippen molar-refractivity contribution in [3.05, 3.63) is 89.7 Å². The average molecular weight is 494 g/mol. The number of halogens is 1. The number of fused-ring (bicyclic) bond motifs is 1. The van der Waals surface area contributed by atoms with Gasteiger partial charge in [0, 0.05) is 31.7 Å². The summed E-state index contributed by atoms with van der Waals surface area (Å²) in [6, 6.07) is 19.9. The first-order valence-corrected chi connectivity index (χ1v) is 12.8. The molecule has 0 aliphatic carbocycles. The van der Waals surface area contributed by atoms with Crippen LogP contribution >= 0.6 is 0 Å². The van der Waals surface area contributed by atoms with Gasteiger partial charge in [0.25, 0.3) is 5.91 Å². The summed E-state index contributed by atoms with van der Waals surface area (Å²) in [6.07, 6.45) is 0.517. The van der Waals surface area contributed by atoms with Gasteiger partial charge in [-0.25, -0.2) is 17.5 Å². The van der Waals surface area contributed by atoms with Crippen molar-refractivity contribution < 1.29 is 17.6 Å². The van der Waals surface area contributed by atoms with E-state index in [1.54, 1.807) is 17.0 Å². The van der Waals surface area contributed by atoms with E-state index in [0.717, 1.165) is 28.7 Å². The Morgan fingerprint density at radius 1 is 0.886 bits per heavy atom. The van der Waals surface area contributed by atoms with Crippen molar-refractivity contribution >= 4 is 27.0 Å². The number of carbonyl (C=O) groups excluding carboxylic acids is 1. The van der Waals surface area contributed by atoms with Gasteiger partial charge in [0.2, 0.25) is 10.0 Å². The SMILES string of the molecule is O=C(c1ccc(Cn2nnc3ccccc32)cc1)N1CCCN(S(=O)(=O)c2ccc(F)cc2)CC1. The second-order valence-corrected chi connectivity index (χ2v) is 10.4. The van der Waals surface area contributed by atoms with Crippen molar-refractivity contribution in [3.63, 3.8) is 0 Å². The molecule has 2 heterocycles. The first kappa shape index (κ1) is 23.1. The third-order valence-corrected chi connectivity index (χ3v) is 8.06. The number of nitrogens with zero attached hydrogens (tertiary/aromatic N) is 5. The van der Waals surface area contributed by atoms with E-state index in [0.29, 0.717) is 31.6 Å². The van der Waals surface area contributed by atoms with Crippen molar-refractivity contribution in [3.8, 4) is 0 Å². The molecule has 10 heteroatoms. The summed E-state index contributed by atoms with van der Waals surface area (Å²) >= 11 is 0. The maximum Gasteiger partial charge on any atom is 0.253 e. The number of rotatable bonds is 5. The molecule has 0 spiro atoms. The Kier molecular flexibility index (Phi) is 6.31. The zero-order valence-electron chi connectivity index (χ0n) is 18.9. The second kappa shape index (κ2) is 9.55. The lowest BCUT2D eigenvalue weighted by atomic mass is 10.1. The van der Waals surface area contributed by atoms with Gasteiger partial charge in [-0.3, -0.25) is 4.79 Å². The van der Waals surface area contributed by atoms with Crippen molar-refractivity contribution in [1.82, 2.24) is 24.2 Å². The summed E-state index contributed by atoms with van der Waals surface area (Å²) in [7, 11) is -3.75. The molecule has 1 aliphatic rings. The normalized spacial score (nSPS) is 15.3. The lowest BCUT2D eigenvalue weighted by Crippen LogP contribution is -2.37. The fraction of sp³-hybridized carbons (Fsp3) is 0.240. The van der Waals surface area contributed by atoms with Gasteiger partial charge in [-0.1, -0.05) is 29.5 Å². The van der Waals surface area contributed by atoms with Crippen LogP contribution in [-0.4, -0.2) is 64.7 Å². The summed E-state index contributed by atoms with van der Waals surface area (Å²) in [5.41, 5.74) is 3.31.